The van der Waals surface area contributed by atoms with Crippen molar-refractivity contribution < 1.29 is 14.6 Å². The molecule has 7 heteroatoms. The first-order valence-electron chi connectivity index (χ1n) is 5.33. The van der Waals surface area contributed by atoms with Crippen LogP contribution >= 0.6 is 23.4 Å². The van der Waals surface area contributed by atoms with Crippen LogP contribution in [0.25, 0.3) is 5.69 Å². The van der Waals surface area contributed by atoms with Crippen molar-refractivity contribution in [1.82, 2.24) is 9.55 Å². The molecule has 0 spiro atoms. The molecule has 0 aliphatic heterocycles. The molecule has 0 unspecified atom stereocenters. The van der Waals surface area contributed by atoms with Crippen LogP contribution < -0.4 is 4.74 Å². The lowest BCUT2D eigenvalue weighted by Gasteiger charge is -2.10. The number of aliphatic carboxylic acids is 1. The smallest absolute Gasteiger partial charge is 0.313 e. The van der Waals surface area contributed by atoms with E-state index in [1.54, 1.807) is 42.3 Å². The Hall–Kier alpha value is -1.66. The Bertz CT molecular complexity index is 600. The topological polar surface area (TPSA) is 64.4 Å². The molecule has 0 radical (unpaired) electrons. The van der Waals surface area contributed by atoms with E-state index in [1.807, 2.05) is 0 Å². The van der Waals surface area contributed by atoms with Crippen molar-refractivity contribution in [3.8, 4) is 11.4 Å². The number of ether oxygens (including phenoxy) is 1. The molecule has 2 rings (SSSR count). The molecule has 1 N–H and O–H groups in total. The third-order valence-corrected chi connectivity index (χ3v) is 3.62. The SMILES string of the molecule is COc1ccc(Cl)c(-n2ccnc2SCC(=O)O)c1. The third kappa shape index (κ3) is 3.21. The number of methoxy groups -OCH3 is 1. The second kappa shape index (κ2) is 5.99. The highest BCUT2D eigenvalue weighted by molar-refractivity contribution is 7.99. The number of imidazole rings is 1. The molecule has 1 heterocycles. The molecule has 5 nitrogen and oxygen atoms in total. The number of nitrogens with zero attached hydrogens (tertiary/aromatic N) is 2. The van der Waals surface area contributed by atoms with E-state index >= 15 is 0 Å². The zero-order valence-corrected chi connectivity index (χ0v) is 11.6. The van der Waals surface area contributed by atoms with Crippen LogP contribution in [0.15, 0.2) is 35.7 Å². The van der Waals surface area contributed by atoms with Gasteiger partial charge >= 0.3 is 5.97 Å². The molecule has 0 fully saturated rings. The largest absolute Gasteiger partial charge is 0.497 e. The van der Waals surface area contributed by atoms with Gasteiger partial charge in [-0.15, -0.1) is 0 Å². The van der Waals surface area contributed by atoms with Gasteiger partial charge in [0.05, 0.1) is 23.6 Å². The lowest BCUT2D eigenvalue weighted by atomic mass is 10.3. The maximum atomic E-state index is 10.6. The van der Waals surface area contributed by atoms with Gasteiger partial charge in [0.1, 0.15) is 5.75 Å². The van der Waals surface area contributed by atoms with Crippen molar-refractivity contribution in [2.24, 2.45) is 0 Å². The Kier molecular flexibility index (Phi) is 4.34. The van der Waals surface area contributed by atoms with Crippen LogP contribution in [-0.2, 0) is 4.79 Å². The highest BCUT2D eigenvalue weighted by Crippen LogP contribution is 2.29. The summed E-state index contributed by atoms with van der Waals surface area (Å²) in [4.78, 5) is 14.7. The fraction of sp³-hybridized carbons (Fsp3) is 0.167. The Labute approximate surface area is 119 Å². The normalized spacial score (nSPS) is 10.4. The van der Waals surface area contributed by atoms with Gasteiger partial charge in [-0.1, -0.05) is 23.4 Å². The highest BCUT2D eigenvalue weighted by Gasteiger charge is 2.11. The van der Waals surface area contributed by atoms with Crippen LogP contribution in [0.5, 0.6) is 5.75 Å². The Morgan fingerprint density at radius 2 is 2.37 bits per heavy atom. The van der Waals surface area contributed by atoms with Gasteiger partial charge in [-0.05, 0) is 12.1 Å². The first-order chi connectivity index (χ1) is 9.11. The number of thioether (sulfide) groups is 1. The third-order valence-electron chi connectivity index (χ3n) is 2.34. The lowest BCUT2D eigenvalue weighted by Crippen LogP contribution is -2.02. The standard InChI is InChI=1S/C12H11ClN2O3S/c1-18-8-2-3-9(13)10(6-8)15-5-4-14-12(15)19-7-11(16)17/h2-6H,7H2,1H3,(H,16,17). The molecule has 0 saturated heterocycles. The van der Waals surface area contributed by atoms with Crippen LogP contribution in [0.2, 0.25) is 5.02 Å². The highest BCUT2D eigenvalue weighted by atomic mass is 35.5. The monoisotopic (exact) mass is 298 g/mol. The summed E-state index contributed by atoms with van der Waals surface area (Å²) < 4.78 is 6.89. The molecule has 0 atom stereocenters. The van der Waals surface area contributed by atoms with Crippen molar-refractivity contribution in [3.63, 3.8) is 0 Å². The lowest BCUT2D eigenvalue weighted by molar-refractivity contribution is -0.133. The second-order valence-corrected chi connectivity index (χ2v) is 4.93. The van der Waals surface area contributed by atoms with E-state index in [-0.39, 0.29) is 5.75 Å². The van der Waals surface area contributed by atoms with E-state index in [2.05, 4.69) is 4.98 Å². The summed E-state index contributed by atoms with van der Waals surface area (Å²) in [5, 5.41) is 9.81. The zero-order valence-electron chi connectivity index (χ0n) is 10.0. The van der Waals surface area contributed by atoms with Gasteiger partial charge in [0.25, 0.3) is 0 Å². The van der Waals surface area contributed by atoms with E-state index < -0.39 is 5.97 Å². The van der Waals surface area contributed by atoms with Crippen molar-refractivity contribution >= 4 is 29.3 Å². The molecule has 0 amide bonds. The summed E-state index contributed by atoms with van der Waals surface area (Å²) in [5.41, 5.74) is 0.700. The molecule has 19 heavy (non-hydrogen) atoms. The predicted molar refractivity (Wildman–Crippen MR) is 73.5 cm³/mol. The number of hydrogen-bond acceptors (Lipinski definition) is 4. The molecular weight excluding hydrogens is 288 g/mol. The van der Waals surface area contributed by atoms with Gasteiger partial charge in [0, 0.05) is 18.5 Å². The second-order valence-electron chi connectivity index (χ2n) is 3.58. The molecular formula is C12H11ClN2O3S. The molecule has 1 aromatic heterocycles. The minimum atomic E-state index is -0.892. The Balaban J connectivity index is 2.36. The van der Waals surface area contributed by atoms with E-state index in [0.29, 0.717) is 21.6 Å². The van der Waals surface area contributed by atoms with Crippen LogP contribution in [-0.4, -0.2) is 33.5 Å². The van der Waals surface area contributed by atoms with E-state index in [9.17, 15) is 4.79 Å². The minimum Gasteiger partial charge on any atom is -0.497 e. The van der Waals surface area contributed by atoms with Gasteiger partial charge in [-0.2, -0.15) is 0 Å². The van der Waals surface area contributed by atoms with Gasteiger partial charge in [-0.25, -0.2) is 4.98 Å². The van der Waals surface area contributed by atoms with Gasteiger partial charge in [0.15, 0.2) is 5.16 Å². The number of carboxylic acid groups (broad SMARTS) is 1. The van der Waals surface area contributed by atoms with E-state index in [4.69, 9.17) is 21.4 Å². The van der Waals surface area contributed by atoms with Crippen molar-refractivity contribution in [2.45, 2.75) is 5.16 Å². The first kappa shape index (κ1) is 13.8. The van der Waals surface area contributed by atoms with Crippen LogP contribution in [0.1, 0.15) is 0 Å². The van der Waals surface area contributed by atoms with Crippen molar-refractivity contribution in [3.05, 3.63) is 35.6 Å². The van der Waals surface area contributed by atoms with Gasteiger partial charge in [-0.3, -0.25) is 9.36 Å². The number of rotatable bonds is 5. The molecule has 1 aromatic carbocycles. The van der Waals surface area contributed by atoms with Crippen LogP contribution in [0, 0.1) is 0 Å². The fourth-order valence-corrected chi connectivity index (χ4v) is 2.41. The summed E-state index contributed by atoms with van der Waals surface area (Å²) in [6.07, 6.45) is 3.32. The van der Waals surface area contributed by atoms with Crippen LogP contribution in [0.4, 0.5) is 0 Å². The molecule has 0 saturated carbocycles. The molecule has 0 aliphatic rings. The first-order valence-corrected chi connectivity index (χ1v) is 6.70. The summed E-state index contributed by atoms with van der Waals surface area (Å²) in [5.74, 6) is -0.280. The average Bonchev–Trinajstić information content (AvgIpc) is 2.85. The van der Waals surface area contributed by atoms with Gasteiger partial charge in [0.2, 0.25) is 0 Å². The quantitative estimate of drug-likeness (QED) is 0.860. The molecule has 2 aromatic rings. The van der Waals surface area contributed by atoms with Crippen molar-refractivity contribution in [1.29, 1.82) is 0 Å². The summed E-state index contributed by atoms with van der Waals surface area (Å²) >= 11 is 7.28. The number of benzene rings is 1. The maximum absolute atomic E-state index is 10.6. The number of carboxylic acids is 1. The summed E-state index contributed by atoms with van der Waals surface area (Å²) in [7, 11) is 1.57. The summed E-state index contributed by atoms with van der Waals surface area (Å²) in [6, 6.07) is 5.25. The number of carbonyl (C=O) groups is 1. The number of hydrogen-bond donors (Lipinski definition) is 1. The van der Waals surface area contributed by atoms with Crippen LogP contribution in [0.3, 0.4) is 0 Å². The number of halogens is 1. The zero-order chi connectivity index (χ0) is 13.8. The Morgan fingerprint density at radius 3 is 3.05 bits per heavy atom. The fourth-order valence-electron chi connectivity index (χ4n) is 1.51. The molecule has 100 valence electrons. The Morgan fingerprint density at radius 1 is 1.58 bits per heavy atom. The van der Waals surface area contributed by atoms with Gasteiger partial charge < -0.3 is 9.84 Å². The van der Waals surface area contributed by atoms with E-state index in [0.717, 1.165) is 11.8 Å². The van der Waals surface area contributed by atoms with Crippen molar-refractivity contribution in [2.75, 3.05) is 12.9 Å². The number of aromatic nitrogens is 2. The average molecular weight is 299 g/mol. The molecule has 0 bridgehead atoms. The maximum Gasteiger partial charge on any atom is 0.313 e. The minimum absolute atomic E-state index is 0.0569. The summed E-state index contributed by atoms with van der Waals surface area (Å²) in [6.45, 7) is 0. The predicted octanol–water partition coefficient (Wildman–Crippen LogP) is 2.71. The van der Waals surface area contributed by atoms with E-state index in [1.165, 1.54) is 0 Å². The molecule has 0 aliphatic carbocycles.